The van der Waals surface area contributed by atoms with Crippen molar-refractivity contribution in [1.29, 1.82) is 0 Å². The second kappa shape index (κ2) is 7.28. The third kappa shape index (κ3) is 4.35. The number of rotatable bonds is 7. The number of anilines is 2. The van der Waals surface area contributed by atoms with Crippen LogP contribution in [0.2, 0.25) is 0 Å². The summed E-state index contributed by atoms with van der Waals surface area (Å²) in [6.45, 7) is 11.5. The van der Waals surface area contributed by atoms with Gasteiger partial charge in [0.1, 0.15) is 17.5 Å². The molecule has 0 amide bonds. The highest BCUT2D eigenvalue weighted by molar-refractivity contribution is 5.57. The third-order valence-corrected chi connectivity index (χ3v) is 3.00. The lowest BCUT2D eigenvalue weighted by Crippen LogP contribution is -2.20. The molecular weight excluding hydrogens is 240 g/mol. The molecule has 1 rings (SSSR count). The van der Waals surface area contributed by atoms with Crippen LogP contribution in [0.1, 0.15) is 51.4 Å². The van der Waals surface area contributed by atoms with Crippen molar-refractivity contribution in [3.05, 3.63) is 11.4 Å². The van der Waals surface area contributed by atoms with Crippen LogP contribution in [0.4, 0.5) is 11.6 Å². The number of nitrogens with zero attached hydrogens (tertiary/aromatic N) is 2. The van der Waals surface area contributed by atoms with Gasteiger partial charge in [-0.3, -0.25) is 0 Å². The number of aliphatic hydroxyl groups is 1. The van der Waals surface area contributed by atoms with Gasteiger partial charge in [-0.1, -0.05) is 20.8 Å². The van der Waals surface area contributed by atoms with Gasteiger partial charge in [0.15, 0.2) is 0 Å². The van der Waals surface area contributed by atoms with Crippen LogP contribution < -0.4 is 10.6 Å². The smallest absolute Gasteiger partial charge is 0.135 e. The monoisotopic (exact) mass is 266 g/mol. The van der Waals surface area contributed by atoms with Gasteiger partial charge in [-0.15, -0.1) is 0 Å². The summed E-state index contributed by atoms with van der Waals surface area (Å²) in [7, 11) is 0. The topological polar surface area (TPSA) is 70.1 Å². The van der Waals surface area contributed by atoms with E-state index in [0.29, 0.717) is 6.54 Å². The van der Waals surface area contributed by atoms with Crippen LogP contribution in [-0.2, 0) is 0 Å². The van der Waals surface area contributed by atoms with Gasteiger partial charge >= 0.3 is 0 Å². The van der Waals surface area contributed by atoms with Crippen molar-refractivity contribution in [3.8, 4) is 0 Å². The first kappa shape index (κ1) is 15.7. The number of nitrogens with one attached hydrogen (secondary N) is 2. The summed E-state index contributed by atoms with van der Waals surface area (Å²) >= 11 is 0. The van der Waals surface area contributed by atoms with Gasteiger partial charge in [0.2, 0.25) is 0 Å². The van der Waals surface area contributed by atoms with Crippen LogP contribution in [0.3, 0.4) is 0 Å². The molecule has 0 saturated carbocycles. The van der Waals surface area contributed by atoms with Crippen molar-refractivity contribution in [3.63, 3.8) is 0 Å². The molecule has 0 spiro atoms. The molecule has 0 aromatic carbocycles. The van der Waals surface area contributed by atoms with E-state index in [9.17, 15) is 5.11 Å². The minimum Gasteiger partial charge on any atom is -0.391 e. The lowest BCUT2D eigenvalue weighted by Gasteiger charge is -2.17. The van der Waals surface area contributed by atoms with E-state index in [4.69, 9.17) is 0 Å². The SMILES string of the molecule is CCNc1nc(C(C)C)nc(NCC(O)CC)c1C. The Morgan fingerprint density at radius 3 is 2.16 bits per heavy atom. The molecule has 0 aliphatic heterocycles. The lowest BCUT2D eigenvalue weighted by atomic mass is 10.2. The maximum atomic E-state index is 9.64. The fourth-order valence-corrected chi connectivity index (χ4v) is 1.66. The Labute approximate surface area is 115 Å². The molecule has 0 saturated heterocycles. The summed E-state index contributed by atoms with van der Waals surface area (Å²) in [5, 5.41) is 16.1. The van der Waals surface area contributed by atoms with Crippen LogP contribution in [0, 0.1) is 6.92 Å². The van der Waals surface area contributed by atoms with E-state index in [1.54, 1.807) is 0 Å². The maximum absolute atomic E-state index is 9.64. The molecule has 1 heterocycles. The second-order valence-electron chi connectivity index (χ2n) is 5.03. The van der Waals surface area contributed by atoms with E-state index in [1.165, 1.54) is 0 Å². The molecule has 1 unspecified atom stereocenters. The molecule has 1 atom stereocenters. The van der Waals surface area contributed by atoms with Gasteiger partial charge in [-0.05, 0) is 20.3 Å². The van der Waals surface area contributed by atoms with Gasteiger partial charge in [-0.2, -0.15) is 0 Å². The van der Waals surface area contributed by atoms with Crippen LogP contribution in [-0.4, -0.2) is 34.3 Å². The summed E-state index contributed by atoms with van der Waals surface area (Å²) in [6, 6.07) is 0. The first-order valence-electron chi connectivity index (χ1n) is 7.03. The Morgan fingerprint density at radius 2 is 1.68 bits per heavy atom. The highest BCUT2D eigenvalue weighted by Crippen LogP contribution is 2.23. The van der Waals surface area contributed by atoms with Crippen molar-refractivity contribution in [2.75, 3.05) is 23.7 Å². The van der Waals surface area contributed by atoms with Gasteiger partial charge in [0.25, 0.3) is 0 Å². The highest BCUT2D eigenvalue weighted by Gasteiger charge is 2.13. The van der Waals surface area contributed by atoms with E-state index < -0.39 is 0 Å². The Bertz CT molecular complexity index is 407. The van der Waals surface area contributed by atoms with E-state index in [2.05, 4.69) is 34.4 Å². The fraction of sp³-hybridized carbons (Fsp3) is 0.714. The van der Waals surface area contributed by atoms with E-state index >= 15 is 0 Å². The van der Waals surface area contributed by atoms with Crippen LogP contribution >= 0.6 is 0 Å². The normalized spacial score (nSPS) is 12.6. The number of hydrogen-bond donors (Lipinski definition) is 3. The first-order valence-corrected chi connectivity index (χ1v) is 7.03. The van der Waals surface area contributed by atoms with Gasteiger partial charge in [0.05, 0.1) is 6.10 Å². The van der Waals surface area contributed by atoms with E-state index in [1.807, 2.05) is 20.8 Å². The maximum Gasteiger partial charge on any atom is 0.135 e. The van der Waals surface area contributed by atoms with E-state index in [-0.39, 0.29) is 12.0 Å². The molecule has 0 aliphatic carbocycles. The zero-order chi connectivity index (χ0) is 14.4. The van der Waals surface area contributed by atoms with Crippen molar-refractivity contribution in [1.82, 2.24) is 9.97 Å². The summed E-state index contributed by atoms with van der Waals surface area (Å²) in [5.74, 6) is 2.77. The molecule has 5 nitrogen and oxygen atoms in total. The molecule has 1 aromatic rings. The number of aromatic nitrogens is 2. The third-order valence-electron chi connectivity index (χ3n) is 3.00. The summed E-state index contributed by atoms with van der Waals surface area (Å²) in [6.07, 6.45) is 0.383. The summed E-state index contributed by atoms with van der Waals surface area (Å²) in [4.78, 5) is 9.09. The average molecular weight is 266 g/mol. The van der Waals surface area contributed by atoms with Gasteiger partial charge in [-0.25, -0.2) is 9.97 Å². The zero-order valence-electron chi connectivity index (χ0n) is 12.6. The molecule has 19 heavy (non-hydrogen) atoms. The van der Waals surface area contributed by atoms with Crippen LogP contribution in [0.5, 0.6) is 0 Å². The lowest BCUT2D eigenvalue weighted by molar-refractivity contribution is 0.183. The van der Waals surface area contributed by atoms with Crippen LogP contribution in [0.15, 0.2) is 0 Å². The van der Waals surface area contributed by atoms with Crippen molar-refractivity contribution in [2.24, 2.45) is 0 Å². The average Bonchev–Trinajstić information content (AvgIpc) is 2.39. The molecule has 0 fully saturated rings. The Balaban J connectivity index is 3.00. The Kier molecular flexibility index (Phi) is 6.02. The van der Waals surface area contributed by atoms with E-state index in [0.717, 1.165) is 36.0 Å². The molecule has 0 radical (unpaired) electrons. The first-order chi connectivity index (χ1) is 8.99. The molecule has 0 aliphatic rings. The predicted octanol–water partition coefficient (Wildman–Crippen LogP) is 2.52. The summed E-state index contributed by atoms with van der Waals surface area (Å²) in [5.41, 5.74) is 0.995. The molecule has 5 heteroatoms. The molecule has 108 valence electrons. The summed E-state index contributed by atoms with van der Waals surface area (Å²) < 4.78 is 0. The Morgan fingerprint density at radius 1 is 1.11 bits per heavy atom. The largest absolute Gasteiger partial charge is 0.391 e. The zero-order valence-corrected chi connectivity index (χ0v) is 12.6. The standard InChI is InChI=1S/C14H26N4O/c1-6-11(19)8-16-14-10(5)13(15-7-2)17-12(18-14)9(3)4/h9,11,19H,6-8H2,1-5H3,(H2,15,16,17,18). The molecule has 3 N–H and O–H groups in total. The number of hydrogen-bond acceptors (Lipinski definition) is 5. The van der Waals surface area contributed by atoms with Crippen molar-refractivity contribution < 1.29 is 5.11 Å². The molecule has 1 aromatic heterocycles. The second-order valence-corrected chi connectivity index (χ2v) is 5.03. The fourth-order valence-electron chi connectivity index (χ4n) is 1.66. The van der Waals surface area contributed by atoms with Crippen molar-refractivity contribution in [2.45, 2.75) is 53.1 Å². The Hall–Kier alpha value is -1.36. The quantitative estimate of drug-likeness (QED) is 0.707. The molecular formula is C14H26N4O. The number of aliphatic hydroxyl groups excluding tert-OH is 1. The van der Waals surface area contributed by atoms with Gasteiger partial charge in [0, 0.05) is 24.6 Å². The minimum absolute atomic E-state index is 0.273. The van der Waals surface area contributed by atoms with Crippen LogP contribution in [0.25, 0.3) is 0 Å². The predicted molar refractivity (Wildman–Crippen MR) is 79.8 cm³/mol. The van der Waals surface area contributed by atoms with Gasteiger partial charge < -0.3 is 15.7 Å². The molecule has 0 bridgehead atoms. The van der Waals surface area contributed by atoms with Crippen molar-refractivity contribution >= 4 is 11.6 Å². The minimum atomic E-state index is -0.348. The highest BCUT2D eigenvalue weighted by atomic mass is 16.3.